The average molecular weight is 280 g/mol. The van der Waals surface area contributed by atoms with Crippen LogP contribution in [-0.4, -0.2) is 34.2 Å². The molecular formula is C15H20O5. The molecule has 1 aromatic rings. The van der Waals surface area contributed by atoms with Crippen molar-refractivity contribution in [3.8, 4) is 23.0 Å². The molecule has 0 aliphatic heterocycles. The molecule has 0 amide bonds. The number of ketones is 1. The second kappa shape index (κ2) is 6.84. The molecular weight excluding hydrogens is 260 g/mol. The van der Waals surface area contributed by atoms with E-state index >= 15 is 0 Å². The zero-order valence-corrected chi connectivity index (χ0v) is 12.7. The molecule has 0 bridgehead atoms. The third-order valence-corrected chi connectivity index (χ3v) is 2.91. The predicted molar refractivity (Wildman–Crippen MR) is 77.1 cm³/mol. The lowest BCUT2D eigenvalue weighted by molar-refractivity contribution is -0.112. The average Bonchev–Trinajstić information content (AvgIpc) is 2.43. The van der Waals surface area contributed by atoms with E-state index in [9.17, 15) is 4.79 Å². The van der Waals surface area contributed by atoms with Crippen LogP contribution in [0.1, 0.15) is 18.1 Å². The van der Waals surface area contributed by atoms with Gasteiger partial charge in [-0.15, -0.1) is 0 Å². The summed E-state index contributed by atoms with van der Waals surface area (Å²) in [5, 5.41) is 0. The van der Waals surface area contributed by atoms with Crippen LogP contribution in [-0.2, 0) is 4.79 Å². The van der Waals surface area contributed by atoms with Gasteiger partial charge in [0, 0.05) is 11.1 Å². The topological polar surface area (TPSA) is 54.0 Å². The van der Waals surface area contributed by atoms with E-state index in [1.165, 1.54) is 34.3 Å². The number of benzene rings is 1. The van der Waals surface area contributed by atoms with Gasteiger partial charge >= 0.3 is 0 Å². The molecule has 0 radical (unpaired) electrons. The Kier molecular flexibility index (Phi) is 5.43. The highest BCUT2D eigenvalue weighted by atomic mass is 16.5. The Labute approximate surface area is 119 Å². The predicted octanol–water partition coefficient (Wildman–Crippen LogP) is 2.63. The standard InChI is InChI=1S/C15H20O5/c1-9(16)7-8-11-10(2)12(17-3)14(19-5)15(20-6)13(11)18-4/h7-8H,1-6H3. The normalized spacial score (nSPS) is 10.5. The minimum Gasteiger partial charge on any atom is -0.492 e. The van der Waals surface area contributed by atoms with Crippen LogP contribution in [0.15, 0.2) is 6.08 Å². The summed E-state index contributed by atoms with van der Waals surface area (Å²) in [6.07, 6.45) is 3.15. The summed E-state index contributed by atoms with van der Waals surface area (Å²) < 4.78 is 21.5. The molecule has 5 heteroatoms. The fourth-order valence-corrected chi connectivity index (χ4v) is 2.01. The molecule has 0 aromatic heterocycles. The Morgan fingerprint density at radius 2 is 1.30 bits per heavy atom. The highest BCUT2D eigenvalue weighted by Crippen LogP contribution is 2.49. The summed E-state index contributed by atoms with van der Waals surface area (Å²) in [5.41, 5.74) is 1.52. The first-order chi connectivity index (χ1) is 9.51. The number of methoxy groups -OCH3 is 4. The van der Waals surface area contributed by atoms with Crippen molar-refractivity contribution in [2.75, 3.05) is 28.4 Å². The molecule has 0 heterocycles. The summed E-state index contributed by atoms with van der Waals surface area (Å²) in [6, 6.07) is 0. The molecule has 0 unspecified atom stereocenters. The van der Waals surface area contributed by atoms with E-state index in [4.69, 9.17) is 18.9 Å². The van der Waals surface area contributed by atoms with Gasteiger partial charge in [-0.1, -0.05) is 0 Å². The minimum atomic E-state index is -0.0554. The van der Waals surface area contributed by atoms with E-state index in [1.807, 2.05) is 6.92 Å². The quantitative estimate of drug-likeness (QED) is 0.750. The summed E-state index contributed by atoms with van der Waals surface area (Å²) in [7, 11) is 6.14. The summed E-state index contributed by atoms with van der Waals surface area (Å²) in [6.45, 7) is 3.35. The van der Waals surface area contributed by atoms with Crippen molar-refractivity contribution in [3.05, 3.63) is 17.2 Å². The zero-order chi connectivity index (χ0) is 15.3. The van der Waals surface area contributed by atoms with Gasteiger partial charge in [-0.25, -0.2) is 0 Å². The Balaban J connectivity index is 3.68. The van der Waals surface area contributed by atoms with E-state index in [0.29, 0.717) is 23.0 Å². The Morgan fingerprint density at radius 3 is 1.70 bits per heavy atom. The Morgan fingerprint density at radius 1 is 0.850 bits per heavy atom. The van der Waals surface area contributed by atoms with Gasteiger partial charge in [0.15, 0.2) is 17.3 Å². The van der Waals surface area contributed by atoms with Crippen LogP contribution in [0.2, 0.25) is 0 Å². The van der Waals surface area contributed by atoms with Crippen LogP contribution in [0.4, 0.5) is 0 Å². The van der Waals surface area contributed by atoms with Crippen LogP contribution < -0.4 is 18.9 Å². The lowest BCUT2D eigenvalue weighted by atomic mass is 10.0. The van der Waals surface area contributed by atoms with Gasteiger partial charge < -0.3 is 18.9 Å². The maximum Gasteiger partial charge on any atom is 0.207 e. The summed E-state index contributed by atoms with van der Waals surface area (Å²) >= 11 is 0. The third-order valence-electron chi connectivity index (χ3n) is 2.91. The van der Waals surface area contributed by atoms with Gasteiger partial charge in [-0.2, -0.15) is 0 Å². The summed E-state index contributed by atoms with van der Waals surface area (Å²) in [5.74, 6) is 1.89. The van der Waals surface area contributed by atoms with Gasteiger partial charge in [0.05, 0.1) is 28.4 Å². The molecule has 0 aliphatic carbocycles. The molecule has 0 saturated carbocycles. The summed E-state index contributed by atoms with van der Waals surface area (Å²) in [4.78, 5) is 11.1. The fraction of sp³-hybridized carbons (Fsp3) is 0.400. The van der Waals surface area contributed by atoms with Crippen LogP contribution >= 0.6 is 0 Å². The first kappa shape index (κ1) is 15.9. The van der Waals surface area contributed by atoms with Crippen molar-refractivity contribution in [2.45, 2.75) is 13.8 Å². The van der Waals surface area contributed by atoms with Crippen LogP contribution in [0.5, 0.6) is 23.0 Å². The number of carbonyl (C=O) groups excluding carboxylic acids is 1. The van der Waals surface area contributed by atoms with Crippen LogP contribution in [0, 0.1) is 6.92 Å². The van der Waals surface area contributed by atoms with Crippen LogP contribution in [0.25, 0.3) is 6.08 Å². The van der Waals surface area contributed by atoms with Crippen molar-refractivity contribution in [1.29, 1.82) is 0 Å². The second-order valence-corrected chi connectivity index (χ2v) is 4.12. The molecule has 0 aliphatic rings. The smallest absolute Gasteiger partial charge is 0.207 e. The Hall–Kier alpha value is -2.17. The maximum absolute atomic E-state index is 11.1. The number of hydrogen-bond acceptors (Lipinski definition) is 5. The molecule has 0 fully saturated rings. The first-order valence-electron chi connectivity index (χ1n) is 6.06. The van der Waals surface area contributed by atoms with E-state index in [0.717, 1.165) is 11.1 Å². The van der Waals surface area contributed by atoms with Crippen molar-refractivity contribution in [1.82, 2.24) is 0 Å². The lowest BCUT2D eigenvalue weighted by Crippen LogP contribution is -2.02. The van der Waals surface area contributed by atoms with Gasteiger partial charge in [0.25, 0.3) is 0 Å². The molecule has 0 saturated heterocycles. The van der Waals surface area contributed by atoms with E-state index < -0.39 is 0 Å². The minimum absolute atomic E-state index is 0.0554. The number of carbonyl (C=O) groups is 1. The van der Waals surface area contributed by atoms with Gasteiger partial charge in [0.2, 0.25) is 11.5 Å². The van der Waals surface area contributed by atoms with Crippen molar-refractivity contribution in [2.24, 2.45) is 0 Å². The number of ether oxygens (including phenoxy) is 4. The van der Waals surface area contributed by atoms with Crippen molar-refractivity contribution < 1.29 is 23.7 Å². The van der Waals surface area contributed by atoms with E-state index in [1.54, 1.807) is 13.2 Å². The maximum atomic E-state index is 11.1. The molecule has 0 N–H and O–H groups in total. The molecule has 0 atom stereocenters. The lowest BCUT2D eigenvalue weighted by Gasteiger charge is -2.20. The van der Waals surface area contributed by atoms with Crippen LogP contribution in [0.3, 0.4) is 0 Å². The van der Waals surface area contributed by atoms with Gasteiger partial charge in [-0.3, -0.25) is 4.79 Å². The zero-order valence-electron chi connectivity index (χ0n) is 12.7. The highest BCUT2D eigenvalue weighted by molar-refractivity contribution is 5.93. The fourth-order valence-electron chi connectivity index (χ4n) is 2.01. The highest BCUT2D eigenvalue weighted by Gasteiger charge is 2.24. The first-order valence-corrected chi connectivity index (χ1v) is 6.06. The Bertz CT molecular complexity index is 532. The molecule has 5 nitrogen and oxygen atoms in total. The molecule has 1 rings (SSSR count). The molecule has 110 valence electrons. The number of hydrogen-bond donors (Lipinski definition) is 0. The molecule has 20 heavy (non-hydrogen) atoms. The van der Waals surface area contributed by atoms with Gasteiger partial charge in [0.1, 0.15) is 0 Å². The molecule has 0 spiro atoms. The van der Waals surface area contributed by atoms with E-state index in [-0.39, 0.29) is 5.78 Å². The van der Waals surface area contributed by atoms with Crippen molar-refractivity contribution >= 4 is 11.9 Å². The SMILES string of the molecule is COc1c(C)c(C=CC(C)=O)c(OC)c(OC)c1OC. The monoisotopic (exact) mass is 280 g/mol. The number of allylic oxidation sites excluding steroid dienone is 1. The van der Waals surface area contributed by atoms with Gasteiger partial charge in [-0.05, 0) is 26.0 Å². The van der Waals surface area contributed by atoms with E-state index in [2.05, 4.69) is 0 Å². The third kappa shape index (κ3) is 2.87. The number of rotatable bonds is 6. The van der Waals surface area contributed by atoms with Crippen molar-refractivity contribution in [3.63, 3.8) is 0 Å². The largest absolute Gasteiger partial charge is 0.492 e. The molecule has 1 aromatic carbocycles. The second-order valence-electron chi connectivity index (χ2n) is 4.12.